The summed E-state index contributed by atoms with van der Waals surface area (Å²) in [6, 6.07) is 1.82. The number of aromatic nitrogens is 2. The lowest BCUT2D eigenvalue weighted by molar-refractivity contribution is -0.131. The van der Waals surface area contributed by atoms with E-state index in [9.17, 15) is 9.90 Å². The standard InChI is InChI=1S/C12H17N3O2/c16-11-3-2-9-6-14(7-10(9)11)12(17)8-15-5-1-4-13-15/h1,4-5,9-11,16H,2-3,6-8H2. The molecule has 92 valence electrons. The minimum atomic E-state index is -0.206. The van der Waals surface area contributed by atoms with E-state index in [0.29, 0.717) is 24.9 Å². The van der Waals surface area contributed by atoms with E-state index < -0.39 is 0 Å². The van der Waals surface area contributed by atoms with E-state index >= 15 is 0 Å². The zero-order valence-electron chi connectivity index (χ0n) is 9.70. The van der Waals surface area contributed by atoms with Gasteiger partial charge in [0.15, 0.2) is 0 Å². The Bertz CT molecular complexity index is 404. The van der Waals surface area contributed by atoms with E-state index in [2.05, 4.69) is 5.10 Å². The molecule has 3 atom stereocenters. The van der Waals surface area contributed by atoms with Crippen molar-refractivity contribution in [2.24, 2.45) is 11.8 Å². The Balaban J connectivity index is 1.61. The number of hydrogen-bond acceptors (Lipinski definition) is 3. The van der Waals surface area contributed by atoms with Gasteiger partial charge in [-0.3, -0.25) is 9.48 Å². The van der Waals surface area contributed by atoms with Gasteiger partial charge in [0.05, 0.1) is 6.10 Å². The molecule has 0 spiro atoms. The smallest absolute Gasteiger partial charge is 0.244 e. The van der Waals surface area contributed by atoms with Gasteiger partial charge < -0.3 is 10.0 Å². The Morgan fingerprint density at radius 1 is 1.41 bits per heavy atom. The molecule has 17 heavy (non-hydrogen) atoms. The van der Waals surface area contributed by atoms with E-state index in [1.807, 2.05) is 11.0 Å². The molecule has 3 rings (SSSR count). The van der Waals surface area contributed by atoms with Crippen molar-refractivity contribution in [1.82, 2.24) is 14.7 Å². The molecule has 0 aromatic carbocycles. The van der Waals surface area contributed by atoms with E-state index in [-0.39, 0.29) is 12.0 Å². The van der Waals surface area contributed by atoms with E-state index in [0.717, 1.165) is 19.4 Å². The molecule has 1 aliphatic carbocycles. The summed E-state index contributed by atoms with van der Waals surface area (Å²) in [6.45, 7) is 1.83. The summed E-state index contributed by atoms with van der Waals surface area (Å²) in [7, 11) is 0. The minimum Gasteiger partial charge on any atom is -0.393 e. The molecule has 0 radical (unpaired) electrons. The lowest BCUT2D eigenvalue weighted by atomic mass is 10.00. The van der Waals surface area contributed by atoms with Gasteiger partial charge in [-0.1, -0.05) is 0 Å². The van der Waals surface area contributed by atoms with Crippen LogP contribution in [0.2, 0.25) is 0 Å². The largest absolute Gasteiger partial charge is 0.393 e. The maximum atomic E-state index is 12.0. The van der Waals surface area contributed by atoms with E-state index in [1.165, 1.54) is 0 Å². The topological polar surface area (TPSA) is 58.4 Å². The van der Waals surface area contributed by atoms with Crippen LogP contribution in [-0.2, 0) is 11.3 Å². The van der Waals surface area contributed by atoms with Gasteiger partial charge in [0.2, 0.25) is 5.91 Å². The van der Waals surface area contributed by atoms with Crippen LogP contribution >= 0.6 is 0 Å². The molecular formula is C12H17N3O2. The molecule has 1 aromatic rings. The SMILES string of the molecule is O=C(Cn1cccn1)N1CC2CCC(O)C2C1. The van der Waals surface area contributed by atoms with Gasteiger partial charge in [0, 0.05) is 31.4 Å². The van der Waals surface area contributed by atoms with Gasteiger partial charge in [-0.05, 0) is 24.8 Å². The van der Waals surface area contributed by atoms with Crippen LogP contribution in [0.1, 0.15) is 12.8 Å². The first kappa shape index (κ1) is 10.8. The molecule has 0 bridgehead atoms. The number of carbonyl (C=O) groups is 1. The molecular weight excluding hydrogens is 218 g/mol. The summed E-state index contributed by atoms with van der Waals surface area (Å²) >= 11 is 0. The highest BCUT2D eigenvalue weighted by molar-refractivity contribution is 5.76. The van der Waals surface area contributed by atoms with Crippen LogP contribution in [0.5, 0.6) is 0 Å². The maximum Gasteiger partial charge on any atom is 0.244 e. The summed E-state index contributed by atoms with van der Waals surface area (Å²) in [5, 5.41) is 13.8. The fourth-order valence-corrected chi connectivity index (χ4v) is 3.07. The van der Waals surface area contributed by atoms with Crippen molar-refractivity contribution in [3.05, 3.63) is 18.5 Å². The molecule has 1 aliphatic heterocycles. The molecule has 5 heteroatoms. The average Bonchev–Trinajstić information content (AvgIpc) is 2.97. The number of amides is 1. The predicted molar refractivity (Wildman–Crippen MR) is 61.0 cm³/mol. The van der Waals surface area contributed by atoms with Gasteiger partial charge in [0.25, 0.3) is 0 Å². The zero-order chi connectivity index (χ0) is 11.8. The van der Waals surface area contributed by atoms with Crippen molar-refractivity contribution < 1.29 is 9.90 Å². The number of fused-ring (bicyclic) bond motifs is 1. The normalized spacial score (nSPS) is 31.8. The van der Waals surface area contributed by atoms with E-state index in [4.69, 9.17) is 0 Å². The number of nitrogens with zero attached hydrogens (tertiary/aromatic N) is 3. The third-order valence-electron chi connectivity index (χ3n) is 4.03. The first-order chi connectivity index (χ1) is 8.24. The molecule has 1 N–H and O–H groups in total. The van der Waals surface area contributed by atoms with Crippen LogP contribution in [0, 0.1) is 11.8 Å². The van der Waals surface area contributed by atoms with Crippen LogP contribution in [-0.4, -0.2) is 44.9 Å². The lowest BCUT2D eigenvalue weighted by Gasteiger charge is -2.18. The molecule has 1 saturated heterocycles. The fraction of sp³-hybridized carbons (Fsp3) is 0.667. The Kier molecular flexibility index (Phi) is 2.63. The van der Waals surface area contributed by atoms with E-state index in [1.54, 1.807) is 17.1 Å². The minimum absolute atomic E-state index is 0.107. The molecule has 1 saturated carbocycles. The molecule has 1 aromatic heterocycles. The van der Waals surface area contributed by atoms with Crippen LogP contribution in [0.25, 0.3) is 0 Å². The zero-order valence-corrected chi connectivity index (χ0v) is 9.70. The monoisotopic (exact) mass is 235 g/mol. The number of carbonyl (C=O) groups excluding carboxylic acids is 1. The second-order valence-corrected chi connectivity index (χ2v) is 5.07. The first-order valence-electron chi connectivity index (χ1n) is 6.17. The number of aliphatic hydroxyl groups is 1. The Labute approximate surface area is 100 Å². The van der Waals surface area contributed by atoms with Gasteiger partial charge in [-0.25, -0.2) is 0 Å². The molecule has 2 aliphatic rings. The van der Waals surface area contributed by atoms with Crippen molar-refractivity contribution in [1.29, 1.82) is 0 Å². The second-order valence-electron chi connectivity index (χ2n) is 5.07. The number of likely N-dealkylation sites (tertiary alicyclic amines) is 1. The van der Waals surface area contributed by atoms with Gasteiger partial charge >= 0.3 is 0 Å². The predicted octanol–water partition coefficient (Wildman–Crippen LogP) is 0.112. The third kappa shape index (κ3) is 1.95. The van der Waals surface area contributed by atoms with Crippen LogP contribution < -0.4 is 0 Å². The Morgan fingerprint density at radius 2 is 2.29 bits per heavy atom. The number of aliphatic hydroxyl groups excluding tert-OH is 1. The molecule has 5 nitrogen and oxygen atoms in total. The molecule has 3 unspecified atom stereocenters. The summed E-state index contributed by atoms with van der Waals surface area (Å²) < 4.78 is 1.65. The molecule has 1 amide bonds. The summed E-state index contributed by atoms with van der Waals surface area (Å²) in [5.41, 5.74) is 0. The molecule has 2 heterocycles. The summed E-state index contributed by atoms with van der Waals surface area (Å²) in [6.07, 6.45) is 5.22. The quantitative estimate of drug-likeness (QED) is 0.791. The highest BCUT2D eigenvalue weighted by Crippen LogP contribution is 2.38. The van der Waals surface area contributed by atoms with Gasteiger partial charge in [-0.2, -0.15) is 5.10 Å². The second kappa shape index (κ2) is 4.14. The van der Waals surface area contributed by atoms with Crippen LogP contribution in [0.4, 0.5) is 0 Å². The van der Waals surface area contributed by atoms with Crippen molar-refractivity contribution >= 4 is 5.91 Å². The Morgan fingerprint density at radius 3 is 3.00 bits per heavy atom. The van der Waals surface area contributed by atoms with Crippen molar-refractivity contribution in [3.8, 4) is 0 Å². The third-order valence-corrected chi connectivity index (χ3v) is 4.03. The average molecular weight is 235 g/mol. The number of rotatable bonds is 2. The lowest BCUT2D eigenvalue weighted by Crippen LogP contribution is -2.33. The van der Waals surface area contributed by atoms with Crippen molar-refractivity contribution in [3.63, 3.8) is 0 Å². The van der Waals surface area contributed by atoms with Crippen LogP contribution in [0.15, 0.2) is 18.5 Å². The van der Waals surface area contributed by atoms with Gasteiger partial charge in [0.1, 0.15) is 6.54 Å². The van der Waals surface area contributed by atoms with Crippen LogP contribution in [0.3, 0.4) is 0 Å². The summed E-state index contributed by atoms with van der Waals surface area (Å²) in [5.74, 6) is 0.915. The highest BCUT2D eigenvalue weighted by Gasteiger charge is 2.43. The number of hydrogen-bond donors (Lipinski definition) is 1. The van der Waals surface area contributed by atoms with Crippen molar-refractivity contribution in [2.45, 2.75) is 25.5 Å². The first-order valence-corrected chi connectivity index (χ1v) is 6.17. The maximum absolute atomic E-state index is 12.0. The van der Waals surface area contributed by atoms with Gasteiger partial charge in [-0.15, -0.1) is 0 Å². The Hall–Kier alpha value is -1.36. The summed E-state index contributed by atoms with van der Waals surface area (Å²) in [4.78, 5) is 13.9. The highest BCUT2D eigenvalue weighted by atomic mass is 16.3. The van der Waals surface area contributed by atoms with Crippen molar-refractivity contribution in [2.75, 3.05) is 13.1 Å². The molecule has 2 fully saturated rings. The fourth-order valence-electron chi connectivity index (χ4n) is 3.07.